The van der Waals surface area contributed by atoms with Crippen LogP contribution in [0.4, 0.5) is 0 Å². The average Bonchev–Trinajstić information content (AvgIpc) is 2.61. The van der Waals surface area contributed by atoms with E-state index < -0.39 is 0 Å². The number of aromatic nitrogens is 2. The third kappa shape index (κ3) is 2.59. The highest BCUT2D eigenvalue weighted by Crippen LogP contribution is 2.28. The van der Waals surface area contributed by atoms with Crippen LogP contribution in [0.5, 0.6) is 0 Å². The minimum Gasteiger partial charge on any atom is -0.233 e. The van der Waals surface area contributed by atoms with Crippen LogP contribution < -0.4 is 0 Å². The molecule has 4 aromatic rings. The molecule has 0 saturated carbocycles. The van der Waals surface area contributed by atoms with E-state index in [-0.39, 0.29) is 0 Å². The minimum atomic E-state index is 0.778. The van der Waals surface area contributed by atoms with Gasteiger partial charge in [0.1, 0.15) is 0 Å². The maximum atomic E-state index is 4.81. The average molecular weight is 296 g/mol. The van der Waals surface area contributed by atoms with Gasteiger partial charge in [0, 0.05) is 16.8 Å². The lowest BCUT2D eigenvalue weighted by molar-refractivity contribution is 1.12. The van der Waals surface area contributed by atoms with Gasteiger partial charge in [0.05, 0.1) is 5.69 Å². The van der Waals surface area contributed by atoms with E-state index >= 15 is 0 Å². The summed E-state index contributed by atoms with van der Waals surface area (Å²) in [5, 5.41) is 2.39. The van der Waals surface area contributed by atoms with Crippen molar-refractivity contribution in [3.8, 4) is 22.6 Å². The number of hydrogen-bond donors (Lipinski definition) is 0. The zero-order valence-corrected chi connectivity index (χ0v) is 12.9. The molecule has 2 heteroatoms. The fourth-order valence-electron chi connectivity index (χ4n) is 2.87. The Morgan fingerprint density at radius 1 is 0.696 bits per heavy atom. The van der Waals surface area contributed by atoms with Gasteiger partial charge < -0.3 is 0 Å². The van der Waals surface area contributed by atoms with Gasteiger partial charge in [-0.2, -0.15) is 0 Å². The molecule has 0 unspecified atom stereocenters. The summed E-state index contributed by atoms with van der Waals surface area (Å²) < 4.78 is 0. The van der Waals surface area contributed by atoms with Crippen molar-refractivity contribution in [1.29, 1.82) is 0 Å². The lowest BCUT2D eigenvalue weighted by atomic mass is 10.0. The van der Waals surface area contributed by atoms with Crippen LogP contribution >= 0.6 is 0 Å². The molecule has 0 atom stereocenters. The third-order valence-electron chi connectivity index (χ3n) is 3.95. The Morgan fingerprint density at radius 3 is 2.30 bits per heavy atom. The Morgan fingerprint density at radius 2 is 1.43 bits per heavy atom. The van der Waals surface area contributed by atoms with Gasteiger partial charge in [0.2, 0.25) is 0 Å². The highest BCUT2D eigenvalue weighted by molar-refractivity contribution is 5.95. The van der Waals surface area contributed by atoms with Crippen molar-refractivity contribution in [1.82, 2.24) is 9.97 Å². The van der Waals surface area contributed by atoms with Crippen molar-refractivity contribution < 1.29 is 0 Å². The van der Waals surface area contributed by atoms with Gasteiger partial charge in [-0.05, 0) is 23.8 Å². The molecule has 23 heavy (non-hydrogen) atoms. The molecule has 0 aliphatic rings. The Labute approximate surface area is 135 Å². The van der Waals surface area contributed by atoms with Crippen LogP contribution in [-0.2, 0) is 0 Å². The second kappa shape index (κ2) is 5.65. The monoisotopic (exact) mass is 296 g/mol. The van der Waals surface area contributed by atoms with Crippen molar-refractivity contribution in [2.24, 2.45) is 0 Å². The summed E-state index contributed by atoms with van der Waals surface area (Å²) in [6.07, 6.45) is 0. The van der Waals surface area contributed by atoms with E-state index in [1.807, 2.05) is 31.2 Å². The molecule has 0 fully saturated rings. The first-order valence-corrected chi connectivity index (χ1v) is 7.70. The van der Waals surface area contributed by atoms with Crippen LogP contribution in [0, 0.1) is 6.92 Å². The second-order valence-electron chi connectivity index (χ2n) is 5.61. The molecule has 1 aromatic heterocycles. The van der Waals surface area contributed by atoms with Gasteiger partial charge in [-0.25, -0.2) is 9.97 Å². The highest BCUT2D eigenvalue weighted by atomic mass is 14.9. The maximum Gasteiger partial charge on any atom is 0.160 e. The molecule has 1 heterocycles. The molecule has 3 aromatic carbocycles. The fourth-order valence-corrected chi connectivity index (χ4v) is 2.87. The van der Waals surface area contributed by atoms with E-state index in [0.29, 0.717) is 0 Å². The molecule has 0 aliphatic heterocycles. The highest BCUT2D eigenvalue weighted by Gasteiger charge is 2.09. The normalized spacial score (nSPS) is 10.8. The van der Waals surface area contributed by atoms with Gasteiger partial charge in [0.25, 0.3) is 0 Å². The summed E-state index contributed by atoms with van der Waals surface area (Å²) in [4.78, 5) is 9.48. The molecule has 0 aliphatic carbocycles. The summed E-state index contributed by atoms with van der Waals surface area (Å²) in [5.41, 5.74) is 4.12. The molecule has 0 amide bonds. The predicted octanol–water partition coefficient (Wildman–Crippen LogP) is 5.27. The number of nitrogens with zero attached hydrogens (tertiary/aromatic N) is 2. The summed E-state index contributed by atoms with van der Waals surface area (Å²) in [7, 11) is 0. The molecule has 0 radical (unpaired) electrons. The number of fused-ring (bicyclic) bond motifs is 1. The number of benzene rings is 3. The van der Waals surface area contributed by atoms with Gasteiger partial charge in [-0.15, -0.1) is 0 Å². The van der Waals surface area contributed by atoms with E-state index in [1.54, 1.807) is 0 Å². The SMILES string of the molecule is Cc1cc(-c2ccccc2)nc(-c2cccc3ccccc23)n1. The quantitative estimate of drug-likeness (QED) is 0.503. The lowest BCUT2D eigenvalue weighted by Crippen LogP contribution is -1.95. The van der Waals surface area contributed by atoms with Gasteiger partial charge in [-0.1, -0.05) is 72.8 Å². The molecule has 4 rings (SSSR count). The Bertz CT molecular complexity index is 970. The van der Waals surface area contributed by atoms with Crippen LogP contribution in [0.25, 0.3) is 33.4 Å². The molecule has 110 valence electrons. The Balaban J connectivity index is 1.94. The smallest absolute Gasteiger partial charge is 0.160 e. The van der Waals surface area contributed by atoms with Crippen LogP contribution in [0.3, 0.4) is 0 Å². The van der Waals surface area contributed by atoms with Crippen molar-refractivity contribution in [2.45, 2.75) is 6.92 Å². The van der Waals surface area contributed by atoms with Crippen molar-refractivity contribution in [3.63, 3.8) is 0 Å². The second-order valence-corrected chi connectivity index (χ2v) is 5.61. The molecule has 2 nitrogen and oxygen atoms in total. The van der Waals surface area contributed by atoms with Gasteiger partial charge >= 0.3 is 0 Å². The molecule has 0 N–H and O–H groups in total. The van der Waals surface area contributed by atoms with Crippen LogP contribution in [-0.4, -0.2) is 9.97 Å². The van der Waals surface area contributed by atoms with Crippen molar-refractivity contribution in [2.75, 3.05) is 0 Å². The third-order valence-corrected chi connectivity index (χ3v) is 3.95. The first-order valence-electron chi connectivity index (χ1n) is 7.70. The zero-order chi connectivity index (χ0) is 15.6. The van der Waals surface area contributed by atoms with E-state index in [9.17, 15) is 0 Å². The topological polar surface area (TPSA) is 25.8 Å². The Hall–Kier alpha value is -3.00. The first-order chi connectivity index (χ1) is 11.3. The zero-order valence-electron chi connectivity index (χ0n) is 12.9. The molecular weight excluding hydrogens is 280 g/mol. The van der Waals surface area contributed by atoms with Crippen LogP contribution in [0.15, 0.2) is 78.9 Å². The summed E-state index contributed by atoms with van der Waals surface area (Å²) in [5.74, 6) is 0.778. The van der Waals surface area contributed by atoms with E-state index in [4.69, 9.17) is 4.98 Å². The summed E-state index contributed by atoms with van der Waals surface area (Å²) >= 11 is 0. The minimum absolute atomic E-state index is 0.778. The number of hydrogen-bond acceptors (Lipinski definition) is 2. The summed E-state index contributed by atoms with van der Waals surface area (Å²) in [6, 6.07) is 26.9. The van der Waals surface area contributed by atoms with Crippen molar-refractivity contribution in [3.05, 3.63) is 84.6 Å². The molecule has 0 saturated heterocycles. The van der Waals surface area contributed by atoms with E-state index in [1.165, 1.54) is 10.8 Å². The van der Waals surface area contributed by atoms with Gasteiger partial charge in [-0.3, -0.25) is 0 Å². The molecule has 0 bridgehead atoms. The largest absolute Gasteiger partial charge is 0.233 e. The predicted molar refractivity (Wildman–Crippen MR) is 95.1 cm³/mol. The molecular formula is C21H16N2. The number of aryl methyl sites for hydroxylation is 1. The molecule has 0 spiro atoms. The van der Waals surface area contributed by atoms with Gasteiger partial charge in [0.15, 0.2) is 5.82 Å². The maximum absolute atomic E-state index is 4.81. The van der Waals surface area contributed by atoms with E-state index in [0.717, 1.165) is 28.3 Å². The van der Waals surface area contributed by atoms with Crippen molar-refractivity contribution >= 4 is 10.8 Å². The van der Waals surface area contributed by atoms with E-state index in [2.05, 4.69) is 59.6 Å². The lowest BCUT2D eigenvalue weighted by Gasteiger charge is -2.09. The number of rotatable bonds is 2. The fraction of sp³-hybridized carbons (Fsp3) is 0.0476. The standard InChI is InChI=1S/C21H16N2/c1-15-14-20(17-9-3-2-4-10-17)23-21(22-15)19-13-7-11-16-8-5-6-12-18(16)19/h2-14H,1H3. The van der Waals surface area contributed by atoms with Crippen LogP contribution in [0.1, 0.15) is 5.69 Å². The summed E-state index contributed by atoms with van der Waals surface area (Å²) in [6.45, 7) is 2.02. The van der Waals surface area contributed by atoms with Crippen LogP contribution in [0.2, 0.25) is 0 Å². The first kappa shape index (κ1) is 13.6. The Kier molecular flexibility index (Phi) is 3.35.